The van der Waals surface area contributed by atoms with Crippen molar-refractivity contribution in [2.75, 3.05) is 5.32 Å². The largest absolute Gasteiger partial charge is 0.389 e. The number of hydrogen-bond acceptors (Lipinski definition) is 3. The van der Waals surface area contributed by atoms with Gasteiger partial charge < -0.3 is 15.0 Å². The van der Waals surface area contributed by atoms with Gasteiger partial charge in [-0.2, -0.15) is 0 Å². The summed E-state index contributed by atoms with van der Waals surface area (Å²) in [7, 11) is 1.63. The van der Waals surface area contributed by atoms with E-state index < -0.39 is 5.60 Å². The predicted octanol–water partition coefficient (Wildman–Crippen LogP) is 1.02. The van der Waals surface area contributed by atoms with E-state index in [4.69, 9.17) is 0 Å². The third kappa shape index (κ3) is 2.98. The van der Waals surface area contributed by atoms with Gasteiger partial charge in [0.1, 0.15) is 0 Å². The van der Waals surface area contributed by atoms with Crippen LogP contribution in [-0.4, -0.2) is 21.2 Å². The molecule has 0 spiro atoms. The summed E-state index contributed by atoms with van der Waals surface area (Å²) in [5, 5.41) is 12.8. The zero-order valence-electron chi connectivity index (χ0n) is 10.5. The molecule has 0 aliphatic heterocycles. The summed E-state index contributed by atoms with van der Waals surface area (Å²) < 4.78 is 1.40. The van der Waals surface area contributed by atoms with Crippen molar-refractivity contribution in [2.24, 2.45) is 7.05 Å². The lowest BCUT2D eigenvalue weighted by Gasteiger charge is -2.21. The zero-order chi connectivity index (χ0) is 13.2. The molecule has 0 saturated heterocycles. The van der Waals surface area contributed by atoms with Gasteiger partial charge in [0.15, 0.2) is 0 Å². The first-order chi connectivity index (χ1) is 8.48. The highest BCUT2D eigenvalue weighted by Crippen LogP contribution is 2.32. The molecule has 1 aliphatic rings. The number of hydrogen-bond donors (Lipinski definition) is 2. The van der Waals surface area contributed by atoms with Crippen LogP contribution in [0.2, 0.25) is 0 Å². The fraction of sp³-hybridized carbons (Fsp3) is 0.538. The summed E-state index contributed by atoms with van der Waals surface area (Å²) in [5.74, 6) is -0.210. The SMILES string of the molecule is Cn1cc(NC(=O)CC2(O)CCCC2)ccc1=O. The molecule has 18 heavy (non-hydrogen) atoms. The molecular formula is C13H18N2O3. The fourth-order valence-corrected chi connectivity index (χ4v) is 2.38. The molecular weight excluding hydrogens is 232 g/mol. The van der Waals surface area contributed by atoms with Crippen LogP contribution in [0.5, 0.6) is 0 Å². The Balaban J connectivity index is 1.98. The third-order valence-electron chi connectivity index (χ3n) is 3.39. The van der Waals surface area contributed by atoms with Crippen molar-refractivity contribution in [3.63, 3.8) is 0 Å². The van der Waals surface area contributed by atoms with Crippen molar-refractivity contribution in [3.8, 4) is 0 Å². The van der Waals surface area contributed by atoms with Crippen LogP contribution >= 0.6 is 0 Å². The van der Waals surface area contributed by atoms with Crippen molar-refractivity contribution in [3.05, 3.63) is 28.7 Å². The summed E-state index contributed by atoms with van der Waals surface area (Å²) in [6.45, 7) is 0. The van der Waals surface area contributed by atoms with E-state index in [1.165, 1.54) is 10.6 Å². The number of aromatic nitrogens is 1. The average Bonchev–Trinajstić information content (AvgIpc) is 2.70. The summed E-state index contributed by atoms with van der Waals surface area (Å²) >= 11 is 0. The minimum Gasteiger partial charge on any atom is -0.389 e. The van der Waals surface area contributed by atoms with Crippen LogP contribution in [0.3, 0.4) is 0 Å². The van der Waals surface area contributed by atoms with Crippen LogP contribution in [0.15, 0.2) is 23.1 Å². The predicted molar refractivity (Wildman–Crippen MR) is 68.3 cm³/mol. The number of nitrogens with zero attached hydrogens (tertiary/aromatic N) is 1. The second kappa shape index (κ2) is 4.94. The van der Waals surface area contributed by atoms with Crippen LogP contribution in [0, 0.1) is 0 Å². The van der Waals surface area contributed by atoms with Crippen molar-refractivity contribution in [1.29, 1.82) is 0 Å². The number of aliphatic hydroxyl groups is 1. The van der Waals surface area contributed by atoms with Crippen molar-refractivity contribution in [1.82, 2.24) is 4.57 Å². The van der Waals surface area contributed by atoms with E-state index in [-0.39, 0.29) is 17.9 Å². The van der Waals surface area contributed by atoms with Crippen molar-refractivity contribution in [2.45, 2.75) is 37.7 Å². The van der Waals surface area contributed by atoms with Crippen molar-refractivity contribution < 1.29 is 9.90 Å². The molecule has 1 saturated carbocycles. The molecule has 1 aromatic heterocycles. The Morgan fingerprint density at radius 1 is 1.44 bits per heavy atom. The van der Waals surface area contributed by atoms with Gasteiger partial charge in [0.25, 0.3) is 0 Å². The van der Waals surface area contributed by atoms with Gasteiger partial charge in [0, 0.05) is 19.3 Å². The number of pyridine rings is 1. The highest BCUT2D eigenvalue weighted by Gasteiger charge is 2.33. The smallest absolute Gasteiger partial charge is 0.250 e. The molecule has 1 aliphatic carbocycles. The van der Waals surface area contributed by atoms with E-state index in [1.807, 2.05) is 0 Å². The number of aryl methyl sites for hydroxylation is 1. The van der Waals surface area contributed by atoms with Gasteiger partial charge >= 0.3 is 0 Å². The first kappa shape index (κ1) is 12.8. The normalized spacial score (nSPS) is 17.7. The fourth-order valence-electron chi connectivity index (χ4n) is 2.38. The third-order valence-corrected chi connectivity index (χ3v) is 3.39. The molecule has 0 radical (unpaired) electrons. The average molecular weight is 250 g/mol. The Kier molecular flexibility index (Phi) is 3.52. The number of carbonyl (C=O) groups excluding carboxylic acids is 1. The maximum Gasteiger partial charge on any atom is 0.250 e. The number of rotatable bonds is 3. The van der Waals surface area contributed by atoms with Gasteiger partial charge in [0.05, 0.1) is 17.7 Å². The minimum absolute atomic E-state index is 0.121. The Hall–Kier alpha value is -1.62. The van der Waals surface area contributed by atoms with E-state index >= 15 is 0 Å². The minimum atomic E-state index is -0.843. The Bertz CT molecular complexity index is 501. The van der Waals surface area contributed by atoms with Gasteiger partial charge in [-0.05, 0) is 18.9 Å². The molecule has 0 atom stereocenters. The molecule has 2 N–H and O–H groups in total. The summed E-state index contributed by atoms with van der Waals surface area (Å²) in [6, 6.07) is 2.97. The van der Waals surface area contributed by atoms with E-state index in [9.17, 15) is 14.7 Å². The molecule has 0 aromatic carbocycles. The maximum atomic E-state index is 11.8. The molecule has 1 heterocycles. The molecule has 2 rings (SSSR count). The number of anilines is 1. The molecule has 0 bridgehead atoms. The van der Waals surface area contributed by atoms with E-state index in [0.717, 1.165) is 12.8 Å². The molecule has 1 amide bonds. The van der Waals surface area contributed by atoms with E-state index in [0.29, 0.717) is 18.5 Å². The van der Waals surface area contributed by atoms with Crippen LogP contribution in [0.1, 0.15) is 32.1 Å². The monoisotopic (exact) mass is 250 g/mol. The van der Waals surface area contributed by atoms with Crippen LogP contribution in [0.25, 0.3) is 0 Å². The van der Waals surface area contributed by atoms with Crippen LogP contribution in [0.4, 0.5) is 5.69 Å². The number of nitrogens with one attached hydrogen (secondary N) is 1. The molecule has 98 valence electrons. The Labute approximate surface area is 105 Å². The number of amides is 1. The first-order valence-electron chi connectivity index (χ1n) is 6.17. The Morgan fingerprint density at radius 2 is 2.11 bits per heavy atom. The molecule has 1 aromatic rings. The van der Waals surface area contributed by atoms with Gasteiger partial charge in [-0.1, -0.05) is 12.8 Å². The van der Waals surface area contributed by atoms with Gasteiger partial charge in [-0.15, -0.1) is 0 Å². The van der Waals surface area contributed by atoms with E-state index in [2.05, 4.69) is 5.32 Å². The molecule has 0 unspecified atom stereocenters. The van der Waals surface area contributed by atoms with Gasteiger partial charge in [-0.3, -0.25) is 9.59 Å². The van der Waals surface area contributed by atoms with Crippen molar-refractivity contribution >= 4 is 11.6 Å². The summed E-state index contributed by atoms with van der Waals surface area (Å²) in [5.41, 5.74) is -0.392. The zero-order valence-corrected chi connectivity index (χ0v) is 10.5. The quantitative estimate of drug-likeness (QED) is 0.841. The van der Waals surface area contributed by atoms with Crippen LogP contribution < -0.4 is 10.9 Å². The van der Waals surface area contributed by atoms with Gasteiger partial charge in [0.2, 0.25) is 11.5 Å². The topological polar surface area (TPSA) is 71.3 Å². The second-order valence-corrected chi connectivity index (χ2v) is 5.02. The lowest BCUT2D eigenvalue weighted by molar-refractivity contribution is -0.120. The summed E-state index contributed by atoms with van der Waals surface area (Å²) in [6.07, 6.45) is 5.02. The highest BCUT2D eigenvalue weighted by molar-refractivity contribution is 5.91. The number of carbonyl (C=O) groups is 1. The lowest BCUT2D eigenvalue weighted by atomic mass is 9.98. The molecule has 1 fully saturated rings. The van der Waals surface area contributed by atoms with Crippen LogP contribution in [-0.2, 0) is 11.8 Å². The van der Waals surface area contributed by atoms with Gasteiger partial charge in [-0.25, -0.2) is 0 Å². The highest BCUT2D eigenvalue weighted by atomic mass is 16.3. The molecule has 5 heteroatoms. The Morgan fingerprint density at radius 3 is 2.72 bits per heavy atom. The standard InChI is InChI=1S/C13H18N2O3/c1-15-9-10(4-5-12(15)17)14-11(16)8-13(18)6-2-3-7-13/h4-5,9,18H,2-3,6-8H2,1H3,(H,14,16). The molecule has 5 nitrogen and oxygen atoms in total. The van der Waals surface area contributed by atoms with E-state index in [1.54, 1.807) is 19.3 Å². The summed E-state index contributed by atoms with van der Waals surface area (Å²) in [4.78, 5) is 23.0. The first-order valence-corrected chi connectivity index (χ1v) is 6.17. The maximum absolute atomic E-state index is 11.8. The second-order valence-electron chi connectivity index (χ2n) is 5.02. The lowest BCUT2D eigenvalue weighted by Crippen LogP contribution is -2.31.